The van der Waals surface area contributed by atoms with Crippen LogP contribution in [-0.2, 0) is 9.59 Å². The molecule has 2 rings (SSSR count). The van der Waals surface area contributed by atoms with Gasteiger partial charge in [-0.25, -0.2) is 0 Å². The highest BCUT2D eigenvalue weighted by Crippen LogP contribution is 2.30. The summed E-state index contributed by atoms with van der Waals surface area (Å²) >= 11 is 0. The molecule has 21 heavy (non-hydrogen) atoms. The Labute approximate surface area is 124 Å². The molecule has 0 bridgehead atoms. The Morgan fingerprint density at radius 3 is 2.90 bits per heavy atom. The third-order valence-corrected chi connectivity index (χ3v) is 3.16. The van der Waals surface area contributed by atoms with Crippen molar-refractivity contribution < 1.29 is 14.3 Å². The number of hydrogen-bond donors (Lipinski definition) is 2. The largest absolute Gasteiger partial charge is 0.482 e. The molecule has 1 aliphatic heterocycles. The number of carbonyl (C=O) groups is 2. The van der Waals surface area contributed by atoms with Gasteiger partial charge in [0.2, 0.25) is 5.91 Å². The maximum Gasteiger partial charge on any atom is 0.265 e. The molecule has 0 atom stereocenters. The summed E-state index contributed by atoms with van der Waals surface area (Å²) in [5, 5.41) is 6.01. The second kappa shape index (κ2) is 7.64. The van der Waals surface area contributed by atoms with E-state index in [0.29, 0.717) is 18.0 Å². The first-order valence-electron chi connectivity index (χ1n) is 7.22. The maximum absolute atomic E-state index is 11.9. The van der Waals surface area contributed by atoms with Crippen LogP contribution in [0.4, 0.5) is 5.69 Å². The van der Waals surface area contributed by atoms with Gasteiger partial charge in [-0.3, -0.25) is 14.5 Å². The van der Waals surface area contributed by atoms with Gasteiger partial charge in [0.15, 0.2) is 6.61 Å². The smallest absolute Gasteiger partial charge is 0.265 e. The van der Waals surface area contributed by atoms with Crippen LogP contribution in [-0.4, -0.2) is 44.6 Å². The summed E-state index contributed by atoms with van der Waals surface area (Å²) in [6.07, 6.45) is 1.06. The normalized spacial score (nSPS) is 13.6. The number of rotatable bonds is 7. The fourth-order valence-corrected chi connectivity index (χ4v) is 2.12. The Bertz CT molecular complexity index is 505. The lowest BCUT2D eigenvalue weighted by atomic mass is 10.2. The molecule has 0 aliphatic carbocycles. The zero-order chi connectivity index (χ0) is 15.1. The van der Waals surface area contributed by atoms with Gasteiger partial charge in [0, 0.05) is 13.1 Å². The molecule has 0 unspecified atom stereocenters. The van der Waals surface area contributed by atoms with Gasteiger partial charge >= 0.3 is 0 Å². The second-order valence-electron chi connectivity index (χ2n) is 4.84. The lowest BCUT2D eigenvalue weighted by Crippen LogP contribution is -2.46. The van der Waals surface area contributed by atoms with Crippen molar-refractivity contribution in [3.63, 3.8) is 0 Å². The van der Waals surface area contributed by atoms with E-state index < -0.39 is 0 Å². The molecule has 0 saturated carbocycles. The van der Waals surface area contributed by atoms with Crippen LogP contribution >= 0.6 is 0 Å². The quantitative estimate of drug-likeness (QED) is 0.719. The van der Waals surface area contributed by atoms with E-state index in [1.165, 1.54) is 4.90 Å². The number of nitrogens with zero attached hydrogens (tertiary/aromatic N) is 1. The van der Waals surface area contributed by atoms with Crippen LogP contribution in [0, 0.1) is 0 Å². The minimum atomic E-state index is -0.201. The average Bonchev–Trinajstić information content (AvgIpc) is 2.50. The Kier molecular flexibility index (Phi) is 5.57. The molecule has 2 N–H and O–H groups in total. The summed E-state index contributed by atoms with van der Waals surface area (Å²) < 4.78 is 5.34. The molecule has 0 aromatic heterocycles. The predicted molar refractivity (Wildman–Crippen MR) is 80.5 cm³/mol. The zero-order valence-electron chi connectivity index (χ0n) is 12.2. The van der Waals surface area contributed by atoms with Crippen LogP contribution in [0.2, 0.25) is 0 Å². The van der Waals surface area contributed by atoms with Crippen LogP contribution in [0.15, 0.2) is 24.3 Å². The van der Waals surface area contributed by atoms with Crippen LogP contribution < -0.4 is 20.3 Å². The number of benzene rings is 1. The van der Waals surface area contributed by atoms with Crippen molar-refractivity contribution in [3.8, 4) is 5.75 Å². The van der Waals surface area contributed by atoms with E-state index in [1.807, 2.05) is 12.1 Å². The lowest BCUT2D eigenvalue weighted by molar-refractivity contribution is -0.125. The number of fused-ring (bicyclic) bond motifs is 1. The molecular formula is C15H21N3O3. The highest BCUT2D eigenvalue weighted by atomic mass is 16.5. The first-order chi connectivity index (χ1) is 10.2. The molecule has 1 aromatic carbocycles. The van der Waals surface area contributed by atoms with Crippen LogP contribution in [0.3, 0.4) is 0 Å². The number of para-hydroxylation sites is 2. The Morgan fingerprint density at radius 2 is 2.10 bits per heavy atom. The molecule has 0 spiro atoms. The van der Waals surface area contributed by atoms with Crippen molar-refractivity contribution in [2.24, 2.45) is 0 Å². The topological polar surface area (TPSA) is 70.7 Å². The van der Waals surface area contributed by atoms with Crippen molar-refractivity contribution in [2.45, 2.75) is 13.3 Å². The average molecular weight is 291 g/mol. The third-order valence-electron chi connectivity index (χ3n) is 3.16. The number of nitrogens with one attached hydrogen (secondary N) is 2. The second-order valence-corrected chi connectivity index (χ2v) is 4.84. The molecule has 1 aliphatic rings. The number of amides is 2. The summed E-state index contributed by atoms with van der Waals surface area (Å²) in [5.41, 5.74) is 0.646. The van der Waals surface area contributed by atoms with Gasteiger partial charge < -0.3 is 15.4 Å². The minimum Gasteiger partial charge on any atom is -0.482 e. The number of ether oxygens (including phenoxy) is 1. The Balaban J connectivity index is 1.87. The van der Waals surface area contributed by atoms with Crippen molar-refractivity contribution in [2.75, 3.05) is 37.7 Å². The van der Waals surface area contributed by atoms with Gasteiger partial charge in [0.25, 0.3) is 5.91 Å². The summed E-state index contributed by atoms with van der Waals surface area (Å²) in [4.78, 5) is 25.3. The standard InChI is InChI=1S/C15H21N3O3/c1-2-7-16-8-9-17-14(19)10-18-12-5-3-4-6-13(12)21-11-15(18)20/h3-6,16H,2,7-11H2,1H3,(H,17,19). The third kappa shape index (κ3) is 4.19. The van der Waals surface area contributed by atoms with E-state index in [9.17, 15) is 9.59 Å². The highest BCUT2D eigenvalue weighted by molar-refractivity contribution is 6.02. The number of hydrogen-bond acceptors (Lipinski definition) is 4. The SMILES string of the molecule is CCCNCCNC(=O)CN1C(=O)COc2ccccc21. The molecule has 0 radical (unpaired) electrons. The molecule has 0 fully saturated rings. The van der Waals surface area contributed by atoms with E-state index in [2.05, 4.69) is 17.6 Å². The fourth-order valence-electron chi connectivity index (χ4n) is 2.12. The fraction of sp³-hybridized carbons (Fsp3) is 0.467. The van der Waals surface area contributed by atoms with Crippen LogP contribution in [0.5, 0.6) is 5.75 Å². The molecule has 6 heteroatoms. The van der Waals surface area contributed by atoms with E-state index in [4.69, 9.17) is 4.74 Å². The van der Waals surface area contributed by atoms with Crippen LogP contribution in [0.1, 0.15) is 13.3 Å². The monoisotopic (exact) mass is 291 g/mol. The summed E-state index contributed by atoms with van der Waals surface area (Å²) in [5.74, 6) is 0.265. The number of carbonyl (C=O) groups excluding carboxylic acids is 2. The minimum absolute atomic E-state index is 0.0208. The molecule has 114 valence electrons. The Morgan fingerprint density at radius 1 is 1.29 bits per heavy atom. The molecule has 6 nitrogen and oxygen atoms in total. The Hall–Kier alpha value is -2.08. The first-order valence-corrected chi connectivity index (χ1v) is 7.22. The van der Waals surface area contributed by atoms with Gasteiger partial charge in [-0.1, -0.05) is 19.1 Å². The van der Waals surface area contributed by atoms with Gasteiger partial charge in [-0.05, 0) is 25.1 Å². The van der Waals surface area contributed by atoms with Gasteiger partial charge in [0.1, 0.15) is 12.3 Å². The molecule has 0 saturated heterocycles. The maximum atomic E-state index is 11.9. The molecule has 2 amide bonds. The number of anilines is 1. The summed E-state index contributed by atoms with van der Waals surface area (Å²) in [6, 6.07) is 7.23. The van der Waals surface area contributed by atoms with Gasteiger partial charge in [-0.15, -0.1) is 0 Å². The molecular weight excluding hydrogens is 270 g/mol. The van der Waals surface area contributed by atoms with E-state index in [0.717, 1.165) is 19.5 Å². The zero-order valence-corrected chi connectivity index (χ0v) is 12.2. The van der Waals surface area contributed by atoms with E-state index in [1.54, 1.807) is 12.1 Å². The molecule has 1 aromatic rings. The van der Waals surface area contributed by atoms with Crippen LogP contribution in [0.25, 0.3) is 0 Å². The first kappa shape index (κ1) is 15.3. The lowest BCUT2D eigenvalue weighted by Gasteiger charge is -2.28. The summed E-state index contributed by atoms with van der Waals surface area (Å²) in [7, 11) is 0. The molecule has 1 heterocycles. The van der Waals surface area contributed by atoms with Gasteiger partial charge in [-0.2, -0.15) is 0 Å². The van der Waals surface area contributed by atoms with Crippen molar-refractivity contribution >= 4 is 17.5 Å². The van der Waals surface area contributed by atoms with Crippen molar-refractivity contribution in [3.05, 3.63) is 24.3 Å². The predicted octanol–water partition coefficient (Wildman–Crippen LogP) is 0.528. The highest BCUT2D eigenvalue weighted by Gasteiger charge is 2.26. The summed E-state index contributed by atoms with van der Waals surface area (Å²) in [6.45, 7) is 4.31. The van der Waals surface area contributed by atoms with Crippen molar-refractivity contribution in [1.82, 2.24) is 10.6 Å². The van der Waals surface area contributed by atoms with Gasteiger partial charge in [0.05, 0.1) is 5.69 Å². The van der Waals surface area contributed by atoms with E-state index >= 15 is 0 Å². The van der Waals surface area contributed by atoms with Crippen molar-refractivity contribution in [1.29, 1.82) is 0 Å². The van der Waals surface area contributed by atoms with E-state index in [-0.39, 0.29) is 25.0 Å².